The quantitative estimate of drug-likeness (QED) is 0.575. The van der Waals surface area contributed by atoms with E-state index >= 15 is 0 Å². The lowest BCUT2D eigenvalue weighted by molar-refractivity contribution is 0.627. The van der Waals surface area contributed by atoms with Gasteiger partial charge >= 0.3 is 0 Å². The van der Waals surface area contributed by atoms with Crippen LogP contribution in [-0.4, -0.2) is 14.5 Å². The highest BCUT2D eigenvalue weighted by molar-refractivity contribution is 5.72. The number of imidazole rings is 1. The third-order valence-electron chi connectivity index (χ3n) is 2.75. The van der Waals surface area contributed by atoms with Crippen LogP contribution in [0.25, 0.3) is 11.2 Å². The standard InChI is InChI=1S/C15H10FN3/c1-19-10-18-14-8-12(9-17-15(14)19)3-2-11-4-6-13(16)7-5-11/h4-10H,1H3. The van der Waals surface area contributed by atoms with Crippen LogP contribution in [0.5, 0.6) is 0 Å². The maximum atomic E-state index is 12.8. The Balaban J connectivity index is 1.95. The molecule has 0 aliphatic rings. The molecule has 3 aromatic rings. The van der Waals surface area contributed by atoms with Gasteiger partial charge in [-0.05, 0) is 30.3 Å². The van der Waals surface area contributed by atoms with Crippen molar-refractivity contribution in [2.24, 2.45) is 7.05 Å². The van der Waals surface area contributed by atoms with E-state index in [1.54, 1.807) is 24.7 Å². The minimum atomic E-state index is -0.262. The molecule has 0 aliphatic heterocycles. The van der Waals surface area contributed by atoms with Crippen LogP contribution >= 0.6 is 0 Å². The fraction of sp³-hybridized carbons (Fsp3) is 0.0667. The van der Waals surface area contributed by atoms with E-state index in [-0.39, 0.29) is 5.82 Å². The molecule has 3 nitrogen and oxygen atoms in total. The summed E-state index contributed by atoms with van der Waals surface area (Å²) in [5.41, 5.74) is 3.19. The Morgan fingerprint density at radius 2 is 1.79 bits per heavy atom. The number of nitrogens with zero attached hydrogens (tertiary/aromatic N) is 3. The van der Waals surface area contributed by atoms with Gasteiger partial charge in [0.2, 0.25) is 0 Å². The highest BCUT2D eigenvalue weighted by atomic mass is 19.1. The number of pyridine rings is 1. The molecule has 0 saturated carbocycles. The first kappa shape index (κ1) is 11.4. The summed E-state index contributed by atoms with van der Waals surface area (Å²) in [6.45, 7) is 0. The number of rotatable bonds is 0. The summed E-state index contributed by atoms with van der Waals surface area (Å²) in [6.07, 6.45) is 3.43. The van der Waals surface area contributed by atoms with Gasteiger partial charge in [-0.2, -0.15) is 0 Å². The first-order valence-electron chi connectivity index (χ1n) is 5.77. The highest BCUT2D eigenvalue weighted by Gasteiger charge is 2.00. The van der Waals surface area contributed by atoms with Crippen molar-refractivity contribution in [3.63, 3.8) is 0 Å². The van der Waals surface area contributed by atoms with Crippen LogP contribution in [0.2, 0.25) is 0 Å². The Kier molecular flexibility index (Phi) is 2.73. The summed E-state index contributed by atoms with van der Waals surface area (Å²) in [5, 5.41) is 0. The van der Waals surface area contributed by atoms with Crippen molar-refractivity contribution in [2.45, 2.75) is 0 Å². The molecule has 0 bridgehead atoms. The van der Waals surface area contributed by atoms with Crippen LogP contribution in [0, 0.1) is 17.7 Å². The van der Waals surface area contributed by atoms with Crippen LogP contribution in [0.15, 0.2) is 42.9 Å². The lowest BCUT2D eigenvalue weighted by atomic mass is 10.2. The van der Waals surface area contributed by atoms with Gasteiger partial charge in [0.15, 0.2) is 5.65 Å². The molecule has 2 heterocycles. The van der Waals surface area contributed by atoms with Crippen LogP contribution in [0.3, 0.4) is 0 Å². The van der Waals surface area contributed by atoms with Gasteiger partial charge in [-0.15, -0.1) is 0 Å². The molecule has 0 aliphatic carbocycles. The molecule has 4 heteroatoms. The van der Waals surface area contributed by atoms with Gasteiger partial charge in [0.05, 0.1) is 6.33 Å². The molecule has 92 valence electrons. The van der Waals surface area contributed by atoms with E-state index in [2.05, 4.69) is 21.8 Å². The van der Waals surface area contributed by atoms with Crippen LogP contribution in [-0.2, 0) is 7.05 Å². The van der Waals surface area contributed by atoms with E-state index < -0.39 is 0 Å². The van der Waals surface area contributed by atoms with E-state index in [1.807, 2.05) is 17.7 Å². The zero-order valence-electron chi connectivity index (χ0n) is 10.3. The van der Waals surface area contributed by atoms with Crippen LogP contribution in [0.4, 0.5) is 4.39 Å². The van der Waals surface area contributed by atoms with Crippen LogP contribution in [0.1, 0.15) is 11.1 Å². The van der Waals surface area contributed by atoms with Crippen molar-refractivity contribution in [3.8, 4) is 11.8 Å². The maximum Gasteiger partial charge on any atom is 0.159 e. The second kappa shape index (κ2) is 4.54. The highest BCUT2D eigenvalue weighted by Crippen LogP contribution is 2.10. The molecule has 0 radical (unpaired) electrons. The number of fused-ring (bicyclic) bond motifs is 1. The SMILES string of the molecule is Cn1cnc2cc(C#Cc3ccc(F)cc3)cnc21. The Morgan fingerprint density at radius 1 is 1.05 bits per heavy atom. The van der Waals surface area contributed by atoms with Gasteiger partial charge in [0.25, 0.3) is 0 Å². The fourth-order valence-corrected chi connectivity index (χ4v) is 1.76. The third-order valence-corrected chi connectivity index (χ3v) is 2.75. The van der Waals surface area contributed by atoms with Gasteiger partial charge in [-0.25, -0.2) is 14.4 Å². The molecule has 0 fully saturated rings. The van der Waals surface area contributed by atoms with Crippen LogP contribution < -0.4 is 0 Å². The summed E-state index contributed by atoms with van der Waals surface area (Å²) in [7, 11) is 1.90. The van der Waals surface area contributed by atoms with Crippen molar-refractivity contribution in [1.29, 1.82) is 0 Å². The summed E-state index contributed by atoms with van der Waals surface area (Å²) in [5.74, 6) is 5.70. The molecule has 0 saturated heterocycles. The van der Waals surface area contributed by atoms with Gasteiger partial charge < -0.3 is 4.57 Å². The zero-order valence-corrected chi connectivity index (χ0v) is 10.3. The molecule has 0 amide bonds. The molecule has 1 aromatic carbocycles. The lowest BCUT2D eigenvalue weighted by Gasteiger charge is -1.93. The predicted octanol–water partition coefficient (Wildman–Crippen LogP) is 2.51. The lowest BCUT2D eigenvalue weighted by Crippen LogP contribution is -1.88. The van der Waals surface area contributed by atoms with Gasteiger partial charge in [0.1, 0.15) is 11.3 Å². The molecule has 0 atom stereocenters. The summed E-state index contributed by atoms with van der Waals surface area (Å²) in [4.78, 5) is 8.53. The Hall–Kier alpha value is -2.67. The molecular weight excluding hydrogens is 241 g/mol. The van der Waals surface area contributed by atoms with Crippen molar-refractivity contribution in [1.82, 2.24) is 14.5 Å². The molecule has 0 spiro atoms. The molecular formula is C15H10FN3. The minimum Gasteiger partial charge on any atom is -0.318 e. The Labute approximate surface area is 109 Å². The van der Waals surface area contributed by atoms with E-state index in [0.717, 1.165) is 22.3 Å². The molecule has 0 unspecified atom stereocenters. The third kappa shape index (κ3) is 2.31. The van der Waals surface area contributed by atoms with E-state index in [4.69, 9.17) is 0 Å². The van der Waals surface area contributed by atoms with E-state index in [1.165, 1.54) is 12.1 Å². The number of aromatic nitrogens is 3. The normalized spacial score (nSPS) is 10.2. The number of hydrogen-bond acceptors (Lipinski definition) is 2. The summed E-state index contributed by atoms with van der Waals surface area (Å²) in [6, 6.07) is 7.97. The van der Waals surface area contributed by atoms with Crippen molar-refractivity contribution in [3.05, 3.63) is 59.8 Å². The van der Waals surface area contributed by atoms with Crippen molar-refractivity contribution < 1.29 is 4.39 Å². The van der Waals surface area contributed by atoms with E-state index in [9.17, 15) is 4.39 Å². The summed E-state index contributed by atoms with van der Waals surface area (Å²) < 4.78 is 14.6. The van der Waals surface area contributed by atoms with Gasteiger partial charge in [-0.3, -0.25) is 0 Å². The van der Waals surface area contributed by atoms with Gasteiger partial charge in [-0.1, -0.05) is 11.8 Å². The van der Waals surface area contributed by atoms with Crippen molar-refractivity contribution in [2.75, 3.05) is 0 Å². The Bertz CT molecular complexity index is 792. The first-order chi connectivity index (χ1) is 9.22. The monoisotopic (exact) mass is 251 g/mol. The number of halogens is 1. The molecule has 3 rings (SSSR count). The van der Waals surface area contributed by atoms with Crippen molar-refractivity contribution >= 4 is 11.2 Å². The van der Waals surface area contributed by atoms with Gasteiger partial charge in [0, 0.05) is 24.4 Å². The average Bonchev–Trinajstić information content (AvgIpc) is 2.79. The second-order valence-corrected chi connectivity index (χ2v) is 4.18. The summed E-state index contributed by atoms with van der Waals surface area (Å²) >= 11 is 0. The smallest absolute Gasteiger partial charge is 0.159 e. The van der Waals surface area contributed by atoms with E-state index in [0.29, 0.717) is 0 Å². The Morgan fingerprint density at radius 3 is 2.58 bits per heavy atom. The topological polar surface area (TPSA) is 30.7 Å². The predicted molar refractivity (Wildman–Crippen MR) is 70.9 cm³/mol. The number of hydrogen-bond donors (Lipinski definition) is 0. The maximum absolute atomic E-state index is 12.8. The number of aryl methyl sites for hydroxylation is 1. The molecule has 19 heavy (non-hydrogen) atoms. The minimum absolute atomic E-state index is 0.262. The molecule has 2 aromatic heterocycles. The first-order valence-corrected chi connectivity index (χ1v) is 5.77. The fourth-order valence-electron chi connectivity index (χ4n) is 1.76. The largest absolute Gasteiger partial charge is 0.318 e. The number of benzene rings is 1. The zero-order chi connectivity index (χ0) is 13.2. The average molecular weight is 251 g/mol. The molecule has 0 N–H and O–H groups in total. The second-order valence-electron chi connectivity index (χ2n) is 4.18.